The fourth-order valence-corrected chi connectivity index (χ4v) is 1.81. The summed E-state index contributed by atoms with van der Waals surface area (Å²) < 4.78 is 10.8. The summed E-state index contributed by atoms with van der Waals surface area (Å²) in [6.07, 6.45) is 0.593. The average molecular weight is 261 g/mol. The van der Waals surface area contributed by atoms with Crippen molar-refractivity contribution in [2.75, 3.05) is 6.54 Å². The van der Waals surface area contributed by atoms with Gasteiger partial charge in [0.05, 0.1) is 0 Å². The van der Waals surface area contributed by atoms with Gasteiger partial charge >= 0.3 is 0 Å². The number of benzene rings is 1. The molecule has 0 aliphatic rings. The van der Waals surface area contributed by atoms with E-state index in [0.717, 1.165) is 11.3 Å². The number of rotatable bonds is 5. The zero-order valence-corrected chi connectivity index (χ0v) is 11.6. The number of hydrogen-bond acceptors (Lipinski definition) is 5. The van der Waals surface area contributed by atoms with Gasteiger partial charge in [-0.3, -0.25) is 0 Å². The maximum absolute atomic E-state index is 5.73. The highest BCUT2D eigenvalue weighted by molar-refractivity contribution is 5.40. The van der Waals surface area contributed by atoms with Crippen LogP contribution in [0, 0.1) is 20.8 Å². The van der Waals surface area contributed by atoms with Crippen LogP contribution < -0.4 is 10.5 Å². The molecule has 2 rings (SSSR count). The molecule has 1 heterocycles. The zero-order chi connectivity index (χ0) is 13.8. The highest BCUT2D eigenvalue weighted by Gasteiger charge is 2.08. The Labute approximate surface area is 112 Å². The van der Waals surface area contributed by atoms with Crippen molar-refractivity contribution in [2.45, 2.75) is 33.8 Å². The van der Waals surface area contributed by atoms with E-state index in [0.29, 0.717) is 31.3 Å². The third-order valence-corrected chi connectivity index (χ3v) is 3.02. The molecule has 5 heteroatoms. The van der Waals surface area contributed by atoms with Gasteiger partial charge in [0.2, 0.25) is 11.7 Å². The van der Waals surface area contributed by atoms with Crippen molar-refractivity contribution in [1.29, 1.82) is 0 Å². The molecule has 0 aliphatic carbocycles. The van der Waals surface area contributed by atoms with E-state index in [1.807, 2.05) is 13.0 Å². The standard InChI is InChI=1S/C14H19N3O2/c1-9-6-11(3)12(7-10(9)2)18-8-13-16-14(4-5-15)19-17-13/h6-7H,4-5,8,15H2,1-3H3. The van der Waals surface area contributed by atoms with E-state index >= 15 is 0 Å². The summed E-state index contributed by atoms with van der Waals surface area (Å²) in [5.74, 6) is 1.95. The first kappa shape index (κ1) is 13.5. The summed E-state index contributed by atoms with van der Waals surface area (Å²) >= 11 is 0. The molecule has 0 atom stereocenters. The summed E-state index contributed by atoms with van der Waals surface area (Å²) in [5, 5.41) is 3.85. The molecule has 0 spiro atoms. The summed E-state index contributed by atoms with van der Waals surface area (Å²) in [5.41, 5.74) is 9.00. The van der Waals surface area contributed by atoms with E-state index in [1.54, 1.807) is 0 Å². The Morgan fingerprint density at radius 1 is 1.16 bits per heavy atom. The van der Waals surface area contributed by atoms with Crippen LogP contribution >= 0.6 is 0 Å². The van der Waals surface area contributed by atoms with E-state index in [4.69, 9.17) is 15.0 Å². The molecule has 19 heavy (non-hydrogen) atoms. The van der Waals surface area contributed by atoms with Crippen molar-refractivity contribution >= 4 is 0 Å². The maximum Gasteiger partial charge on any atom is 0.228 e. The molecule has 102 valence electrons. The summed E-state index contributed by atoms with van der Waals surface area (Å²) in [6.45, 7) is 6.98. The number of hydrogen-bond donors (Lipinski definition) is 1. The van der Waals surface area contributed by atoms with Crippen LogP contribution in [0.2, 0.25) is 0 Å². The molecule has 0 bridgehead atoms. The van der Waals surface area contributed by atoms with Crippen molar-refractivity contribution in [3.63, 3.8) is 0 Å². The van der Waals surface area contributed by atoms with E-state index in [1.165, 1.54) is 11.1 Å². The SMILES string of the molecule is Cc1cc(C)c(OCc2noc(CCN)n2)cc1C. The minimum atomic E-state index is 0.303. The third kappa shape index (κ3) is 3.32. The molecule has 0 saturated carbocycles. The van der Waals surface area contributed by atoms with Gasteiger partial charge in [-0.1, -0.05) is 11.2 Å². The molecular formula is C14H19N3O2. The Kier molecular flexibility index (Phi) is 4.16. The topological polar surface area (TPSA) is 74.2 Å². The van der Waals surface area contributed by atoms with Crippen molar-refractivity contribution in [1.82, 2.24) is 10.1 Å². The first-order chi connectivity index (χ1) is 9.10. The Hall–Kier alpha value is -1.88. The maximum atomic E-state index is 5.73. The lowest BCUT2D eigenvalue weighted by Crippen LogP contribution is -2.03. The van der Waals surface area contributed by atoms with Crippen LogP contribution in [-0.4, -0.2) is 16.7 Å². The van der Waals surface area contributed by atoms with Crippen LogP contribution in [0.25, 0.3) is 0 Å². The molecule has 2 N–H and O–H groups in total. The van der Waals surface area contributed by atoms with Crippen molar-refractivity contribution in [3.05, 3.63) is 40.5 Å². The molecule has 0 radical (unpaired) electrons. The van der Waals surface area contributed by atoms with Crippen molar-refractivity contribution in [3.8, 4) is 5.75 Å². The van der Waals surface area contributed by atoms with Gasteiger partial charge in [-0.15, -0.1) is 0 Å². The first-order valence-electron chi connectivity index (χ1n) is 6.32. The van der Waals surface area contributed by atoms with Gasteiger partial charge in [-0.25, -0.2) is 0 Å². The highest BCUT2D eigenvalue weighted by Crippen LogP contribution is 2.23. The van der Waals surface area contributed by atoms with Crippen LogP contribution in [0.3, 0.4) is 0 Å². The number of nitrogens with two attached hydrogens (primary N) is 1. The second kappa shape index (κ2) is 5.84. The van der Waals surface area contributed by atoms with Crippen LogP contribution in [-0.2, 0) is 13.0 Å². The molecule has 0 amide bonds. The number of aryl methyl sites for hydroxylation is 3. The van der Waals surface area contributed by atoms with E-state index < -0.39 is 0 Å². The third-order valence-electron chi connectivity index (χ3n) is 3.02. The molecule has 2 aromatic rings. The highest BCUT2D eigenvalue weighted by atomic mass is 16.5. The van der Waals surface area contributed by atoms with E-state index in [-0.39, 0.29) is 0 Å². The fraction of sp³-hybridized carbons (Fsp3) is 0.429. The number of ether oxygens (including phenoxy) is 1. The predicted molar refractivity (Wildman–Crippen MR) is 72.0 cm³/mol. The van der Waals surface area contributed by atoms with E-state index in [9.17, 15) is 0 Å². The summed E-state index contributed by atoms with van der Waals surface area (Å²) in [7, 11) is 0. The fourth-order valence-electron chi connectivity index (χ4n) is 1.81. The van der Waals surface area contributed by atoms with Gasteiger partial charge in [0.1, 0.15) is 5.75 Å². The zero-order valence-electron chi connectivity index (χ0n) is 11.6. The second-order valence-electron chi connectivity index (χ2n) is 4.63. The van der Waals surface area contributed by atoms with Gasteiger partial charge in [0.25, 0.3) is 0 Å². The van der Waals surface area contributed by atoms with Gasteiger partial charge in [-0.05, 0) is 43.5 Å². The quantitative estimate of drug-likeness (QED) is 0.891. The predicted octanol–water partition coefficient (Wildman–Crippen LogP) is 2.08. The minimum Gasteiger partial charge on any atom is -0.485 e. The van der Waals surface area contributed by atoms with Crippen molar-refractivity contribution in [2.24, 2.45) is 5.73 Å². The Morgan fingerprint density at radius 3 is 2.63 bits per heavy atom. The lowest BCUT2D eigenvalue weighted by Gasteiger charge is -2.10. The Morgan fingerprint density at radius 2 is 1.89 bits per heavy atom. The van der Waals surface area contributed by atoms with Gasteiger partial charge in [0, 0.05) is 13.0 Å². The minimum absolute atomic E-state index is 0.303. The molecule has 0 fully saturated rings. The molecule has 5 nitrogen and oxygen atoms in total. The van der Waals surface area contributed by atoms with Crippen LogP contribution in [0.1, 0.15) is 28.4 Å². The van der Waals surface area contributed by atoms with Crippen molar-refractivity contribution < 1.29 is 9.26 Å². The van der Waals surface area contributed by atoms with Gasteiger partial charge in [-0.2, -0.15) is 4.98 Å². The second-order valence-corrected chi connectivity index (χ2v) is 4.63. The lowest BCUT2D eigenvalue weighted by molar-refractivity contribution is 0.283. The van der Waals surface area contributed by atoms with Crippen LogP contribution in [0.15, 0.2) is 16.7 Å². The lowest BCUT2D eigenvalue weighted by atomic mass is 10.1. The summed E-state index contributed by atoms with van der Waals surface area (Å²) in [6, 6.07) is 4.15. The average Bonchev–Trinajstić information content (AvgIpc) is 2.80. The molecular weight excluding hydrogens is 242 g/mol. The normalized spacial score (nSPS) is 10.7. The van der Waals surface area contributed by atoms with Gasteiger partial charge in [0.15, 0.2) is 6.61 Å². The van der Waals surface area contributed by atoms with Gasteiger partial charge < -0.3 is 15.0 Å². The monoisotopic (exact) mass is 261 g/mol. The Balaban J connectivity index is 2.03. The van der Waals surface area contributed by atoms with Crippen LogP contribution in [0.5, 0.6) is 5.75 Å². The largest absolute Gasteiger partial charge is 0.485 e. The molecule has 0 unspecified atom stereocenters. The van der Waals surface area contributed by atoms with E-state index in [2.05, 4.69) is 30.1 Å². The smallest absolute Gasteiger partial charge is 0.228 e. The molecule has 0 saturated heterocycles. The molecule has 1 aromatic carbocycles. The Bertz CT molecular complexity index is 564. The number of nitrogens with zero attached hydrogens (tertiary/aromatic N) is 2. The molecule has 0 aliphatic heterocycles. The van der Waals surface area contributed by atoms with Crippen LogP contribution in [0.4, 0.5) is 0 Å². The summed E-state index contributed by atoms with van der Waals surface area (Å²) in [4.78, 5) is 4.20. The first-order valence-corrected chi connectivity index (χ1v) is 6.32. The number of aromatic nitrogens is 2. The molecule has 1 aromatic heterocycles.